The summed E-state index contributed by atoms with van der Waals surface area (Å²) in [5.74, 6) is 5.90. The second-order valence-electron chi connectivity index (χ2n) is 4.74. The van der Waals surface area contributed by atoms with Crippen molar-refractivity contribution in [2.75, 3.05) is 18.5 Å². The number of carbonyl (C=O) groups excluding carboxylic acids is 1. The molecule has 0 aliphatic heterocycles. The largest absolute Gasteiger partial charge is 0.395 e. The lowest BCUT2D eigenvalue weighted by atomic mass is 10.1. The van der Waals surface area contributed by atoms with E-state index in [1.807, 2.05) is 25.1 Å². The molecule has 1 rings (SSSR count). The number of rotatable bonds is 6. The van der Waals surface area contributed by atoms with Crippen LogP contribution in [0.5, 0.6) is 0 Å². The van der Waals surface area contributed by atoms with Crippen molar-refractivity contribution in [2.24, 2.45) is 0 Å². The Morgan fingerprint density at radius 2 is 2.14 bits per heavy atom. The summed E-state index contributed by atoms with van der Waals surface area (Å²) >= 11 is 0. The number of carbonyl (C=O) groups is 1. The van der Waals surface area contributed by atoms with Crippen molar-refractivity contribution in [3.63, 3.8) is 0 Å². The van der Waals surface area contributed by atoms with Crippen molar-refractivity contribution >= 4 is 11.7 Å². The maximum Gasteiger partial charge on any atom is 0.319 e. The van der Waals surface area contributed by atoms with E-state index >= 15 is 0 Å². The number of aliphatic hydroxyl groups excluding tert-OH is 1. The molecule has 0 heterocycles. The number of aliphatic hydroxyl groups is 1. The van der Waals surface area contributed by atoms with Crippen molar-refractivity contribution in [1.29, 1.82) is 0 Å². The molecule has 0 aliphatic rings. The van der Waals surface area contributed by atoms with E-state index in [2.05, 4.69) is 29.4 Å². The van der Waals surface area contributed by atoms with E-state index in [0.717, 1.165) is 36.1 Å². The van der Waals surface area contributed by atoms with E-state index in [1.165, 1.54) is 0 Å². The smallest absolute Gasteiger partial charge is 0.319 e. The summed E-state index contributed by atoms with van der Waals surface area (Å²) in [6.07, 6.45) is 3.33. The van der Waals surface area contributed by atoms with E-state index in [1.54, 1.807) is 0 Å². The lowest BCUT2D eigenvalue weighted by Gasteiger charge is -2.11. The highest BCUT2D eigenvalue weighted by atomic mass is 16.2. The maximum absolute atomic E-state index is 11.8. The van der Waals surface area contributed by atoms with E-state index in [4.69, 9.17) is 5.11 Å². The third kappa shape index (κ3) is 6.33. The van der Waals surface area contributed by atoms with Crippen LogP contribution >= 0.6 is 0 Å². The first-order chi connectivity index (χ1) is 10.2. The Morgan fingerprint density at radius 3 is 2.81 bits per heavy atom. The van der Waals surface area contributed by atoms with Crippen LogP contribution in [0.3, 0.4) is 0 Å². The first-order valence-corrected chi connectivity index (χ1v) is 7.48. The van der Waals surface area contributed by atoms with Gasteiger partial charge in [-0.25, -0.2) is 4.79 Å². The Bertz CT molecular complexity index is 515. The summed E-state index contributed by atoms with van der Waals surface area (Å²) in [5.41, 5.74) is 2.77. The third-order valence-electron chi connectivity index (χ3n) is 3.02. The molecule has 114 valence electrons. The summed E-state index contributed by atoms with van der Waals surface area (Å²) in [7, 11) is 0. The lowest BCUT2D eigenvalue weighted by Crippen LogP contribution is -2.29. The van der Waals surface area contributed by atoms with Crippen LogP contribution in [0, 0.1) is 11.8 Å². The van der Waals surface area contributed by atoms with Gasteiger partial charge < -0.3 is 15.7 Å². The molecule has 0 saturated carbocycles. The van der Waals surface area contributed by atoms with Crippen LogP contribution in [0.25, 0.3) is 0 Å². The molecule has 2 amide bonds. The average Bonchev–Trinajstić information content (AvgIpc) is 2.49. The summed E-state index contributed by atoms with van der Waals surface area (Å²) in [4.78, 5) is 11.8. The topological polar surface area (TPSA) is 61.4 Å². The van der Waals surface area contributed by atoms with Gasteiger partial charge in [-0.15, -0.1) is 0 Å². The van der Waals surface area contributed by atoms with E-state index in [-0.39, 0.29) is 12.6 Å². The van der Waals surface area contributed by atoms with Crippen LogP contribution in [0.1, 0.15) is 44.2 Å². The summed E-state index contributed by atoms with van der Waals surface area (Å²) in [6, 6.07) is 5.57. The first-order valence-electron chi connectivity index (χ1n) is 7.48. The molecule has 0 atom stereocenters. The fourth-order valence-corrected chi connectivity index (χ4v) is 1.85. The zero-order valence-electron chi connectivity index (χ0n) is 12.8. The van der Waals surface area contributed by atoms with Gasteiger partial charge in [-0.1, -0.05) is 32.1 Å². The number of nitrogens with one attached hydrogen (secondary N) is 2. The van der Waals surface area contributed by atoms with E-state index in [0.29, 0.717) is 13.0 Å². The standard InChI is InChI=1S/C17H24N2O2/c1-3-5-11-18-17(21)19-16-10-9-14(8-6-7-12-20)13-15(16)4-2/h9-10,13,20H,3-5,7,11-12H2,1-2H3,(H2,18,19,21). The summed E-state index contributed by atoms with van der Waals surface area (Å²) in [5, 5.41) is 14.4. The number of aryl methyl sites for hydroxylation is 1. The highest BCUT2D eigenvalue weighted by Gasteiger charge is 2.05. The molecule has 0 radical (unpaired) electrons. The van der Waals surface area contributed by atoms with Gasteiger partial charge in [0.2, 0.25) is 0 Å². The zero-order valence-corrected chi connectivity index (χ0v) is 12.8. The van der Waals surface area contributed by atoms with E-state index < -0.39 is 0 Å². The van der Waals surface area contributed by atoms with Crippen LogP contribution < -0.4 is 10.6 Å². The second-order valence-corrected chi connectivity index (χ2v) is 4.74. The number of urea groups is 1. The van der Waals surface area contributed by atoms with Crippen LogP contribution in [0.2, 0.25) is 0 Å². The minimum atomic E-state index is -0.169. The van der Waals surface area contributed by atoms with Crippen molar-refractivity contribution in [2.45, 2.75) is 39.5 Å². The molecule has 0 saturated heterocycles. The van der Waals surface area contributed by atoms with Crippen molar-refractivity contribution < 1.29 is 9.90 Å². The minimum absolute atomic E-state index is 0.0746. The lowest BCUT2D eigenvalue weighted by molar-refractivity contribution is 0.252. The quantitative estimate of drug-likeness (QED) is 0.557. The highest BCUT2D eigenvalue weighted by Crippen LogP contribution is 2.18. The van der Waals surface area contributed by atoms with Gasteiger partial charge in [0, 0.05) is 24.2 Å². The number of hydrogen-bond acceptors (Lipinski definition) is 2. The number of benzene rings is 1. The van der Waals surface area contributed by atoms with Gasteiger partial charge in [0.1, 0.15) is 0 Å². The molecule has 0 aliphatic carbocycles. The summed E-state index contributed by atoms with van der Waals surface area (Å²) in [6.45, 7) is 4.89. The van der Waals surface area contributed by atoms with Gasteiger partial charge in [-0.3, -0.25) is 0 Å². The molecular weight excluding hydrogens is 264 g/mol. The normalized spacial score (nSPS) is 9.67. The van der Waals surface area contributed by atoms with Crippen LogP contribution in [0.15, 0.2) is 18.2 Å². The first kappa shape index (κ1) is 17.1. The van der Waals surface area contributed by atoms with Crippen LogP contribution in [0.4, 0.5) is 10.5 Å². The fraction of sp³-hybridized carbons (Fsp3) is 0.471. The molecule has 0 bridgehead atoms. The molecule has 4 heteroatoms. The number of amides is 2. The van der Waals surface area contributed by atoms with Gasteiger partial charge in [0.05, 0.1) is 6.61 Å². The number of unbranched alkanes of at least 4 members (excludes halogenated alkanes) is 1. The SMILES string of the molecule is CCCCNC(=O)Nc1ccc(C#CCCO)cc1CC. The minimum Gasteiger partial charge on any atom is -0.395 e. The van der Waals surface area contributed by atoms with Crippen molar-refractivity contribution in [3.8, 4) is 11.8 Å². The molecule has 1 aromatic rings. The molecule has 4 nitrogen and oxygen atoms in total. The predicted octanol–water partition coefficient (Wildman–Crippen LogP) is 2.90. The molecule has 3 N–H and O–H groups in total. The van der Waals surface area contributed by atoms with E-state index in [9.17, 15) is 4.79 Å². The monoisotopic (exact) mass is 288 g/mol. The third-order valence-corrected chi connectivity index (χ3v) is 3.02. The molecular formula is C17H24N2O2. The molecule has 0 fully saturated rings. The number of hydrogen-bond donors (Lipinski definition) is 3. The van der Waals surface area contributed by atoms with Gasteiger partial charge in [0.15, 0.2) is 0 Å². The molecule has 0 spiro atoms. The van der Waals surface area contributed by atoms with Crippen LogP contribution in [-0.4, -0.2) is 24.3 Å². The Kier molecular flexibility index (Phi) is 8.00. The van der Waals surface area contributed by atoms with Crippen LogP contribution in [-0.2, 0) is 6.42 Å². The Balaban J connectivity index is 2.70. The summed E-state index contributed by atoms with van der Waals surface area (Å²) < 4.78 is 0. The molecule has 0 unspecified atom stereocenters. The van der Waals surface area contributed by atoms with Gasteiger partial charge in [-0.2, -0.15) is 0 Å². The zero-order chi connectivity index (χ0) is 15.5. The van der Waals surface area contributed by atoms with Gasteiger partial charge >= 0.3 is 6.03 Å². The van der Waals surface area contributed by atoms with Crippen molar-refractivity contribution in [1.82, 2.24) is 5.32 Å². The van der Waals surface area contributed by atoms with Gasteiger partial charge in [0.25, 0.3) is 0 Å². The Morgan fingerprint density at radius 1 is 1.33 bits per heavy atom. The highest BCUT2D eigenvalue weighted by molar-refractivity contribution is 5.90. The Hall–Kier alpha value is -1.99. The van der Waals surface area contributed by atoms with Crippen molar-refractivity contribution in [3.05, 3.63) is 29.3 Å². The average molecular weight is 288 g/mol. The number of anilines is 1. The predicted molar refractivity (Wildman–Crippen MR) is 86.3 cm³/mol. The molecule has 1 aromatic carbocycles. The maximum atomic E-state index is 11.8. The second kappa shape index (κ2) is 9.84. The molecule has 21 heavy (non-hydrogen) atoms. The molecule has 0 aromatic heterocycles. The fourth-order valence-electron chi connectivity index (χ4n) is 1.85. The Labute approximate surface area is 127 Å². The van der Waals surface area contributed by atoms with Gasteiger partial charge in [-0.05, 0) is 36.6 Å².